The molecule has 0 atom stereocenters. The average molecular weight is 176 g/mol. The summed E-state index contributed by atoms with van der Waals surface area (Å²) in [6.07, 6.45) is 1.83. The van der Waals surface area contributed by atoms with Gasteiger partial charge in [0.15, 0.2) is 0 Å². The first kappa shape index (κ1) is 15.0. The highest BCUT2D eigenvalue weighted by atomic mass is 16.1. The van der Waals surface area contributed by atoms with Crippen LogP contribution >= 0.6 is 0 Å². The summed E-state index contributed by atoms with van der Waals surface area (Å²) in [4.78, 5) is 20.4. The highest BCUT2D eigenvalue weighted by Crippen LogP contribution is 1.89. The van der Waals surface area contributed by atoms with E-state index in [9.17, 15) is 9.59 Å². The number of rotatable bonds is 5. The summed E-state index contributed by atoms with van der Waals surface area (Å²) in [5.74, 6) is 0.167. The van der Waals surface area contributed by atoms with Crippen LogP contribution in [0.2, 0.25) is 6.32 Å². The monoisotopic (exact) mass is 176 g/mol. The Labute approximate surface area is 83.7 Å². The molecule has 68 valence electrons. The molecule has 0 aliphatic heterocycles. The van der Waals surface area contributed by atoms with Crippen molar-refractivity contribution in [2.75, 3.05) is 0 Å². The third kappa shape index (κ3) is 24.6. The maximum Gasteiger partial charge on any atom is 0.130 e. The van der Waals surface area contributed by atoms with Crippen LogP contribution < -0.4 is 0 Å². The largest absolute Gasteiger partial charge is 0.300 e. The fraction of sp³-hybridized carbons (Fsp3) is 0.750. The van der Waals surface area contributed by atoms with Gasteiger partial charge in [0.2, 0.25) is 0 Å². The first-order chi connectivity index (χ1) is 6.04. The van der Waals surface area contributed by atoms with Gasteiger partial charge in [-0.1, -0.05) is 13.2 Å². The Balaban J connectivity index is 0. The quantitative estimate of drug-likeness (QED) is 0.579. The molecule has 4 radical (unpaired) electrons. The minimum absolute atomic E-state index is 0.0835. The van der Waals surface area contributed by atoms with Crippen molar-refractivity contribution in [1.82, 2.24) is 0 Å². The molecule has 0 aromatic carbocycles. The van der Waals surface area contributed by atoms with Crippen molar-refractivity contribution in [3.05, 3.63) is 0 Å². The third-order valence-electron chi connectivity index (χ3n) is 1.20. The summed E-state index contributed by atoms with van der Waals surface area (Å²) in [7, 11) is 8.42. The van der Waals surface area contributed by atoms with E-state index in [1.165, 1.54) is 13.8 Å². The van der Waals surface area contributed by atoms with E-state index in [0.29, 0.717) is 12.8 Å². The van der Waals surface area contributed by atoms with Gasteiger partial charge in [-0.3, -0.25) is 0 Å². The number of Topliss-reactive ketones (excluding diaryl/α,β-unsaturated/α-hetero) is 2. The lowest BCUT2D eigenvalue weighted by Crippen LogP contribution is -1.98. The molecule has 0 saturated carbocycles. The van der Waals surface area contributed by atoms with Gasteiger partial charge in [-0.05, 0) is 13.8 Å². The third-order valence-corrected chi connectivity index (χ3v) is 1.20. The zero-order chi connectivity index (χ0) is 10.7. The molecule has 0 N–H and O–H groups in total. The number of ketones is 2. The first-order valence-electron chi connectivity index (χ1n) is 4.40. The Bertz CT molecular complexity index is 132. The molecule has 0 heterocycles. The summed E-state index contributed by atoms with van der Waals surface area (Å²) < 4.78 is 0. The fourth-order valence-electron chi connectivity index (χ4n) is 0.488. The molecule has 13 heavy (non-hydrogen) atoms. The minimum atomic E-state index is 0.0835. The zero-order valence-electron chi connectivity index (χ0n) is 8.67. The second kappa shape index (κ2) is 11.5. The normalized spacial score (nSPS) is 7.92. The van der Waals surface area contributed by atoms with Crippen molar-refractivity contribution in [3.8, 4) is 0 Å². The first-order valence-corrected chi connectivity index (χ1v) is 4.40. The molecule has 0 fully saturated rings. The zero-order valence-corrected chi connectivity index (χ0v) is 8.67. The predicted molar refractivity (Wildman–Crippen MR) is 58.3 cm³/mol. The van der Waals surface area contributed by atoms with E-state index >= 15 is 0 Å². The molecule has 5 heteroatoms. The highest BCUT2D eigenvalue weighted by molar-refractivity contribution is 7.23. The minimum Gasteiger partial charge on any atom is -0.300 e. The summed E-state index contributed by atoms with van der Waals surface area (Å²) in [6, 6.07) is 0. The molecule has 2 nitrogen and oxygen atoms in total. The lowest BCUT2D eigenvalue weighted by Gasteiger charge is -1.86. The van der Waals surface area contributed by atoms with E-state index in [1.807, 2.05) is 14.1 Å². The molecule has 0 aliphatic rings. The summed E-state index contributed by atoms with van der Waals surface area (Å²) in [6.45, 7) is 5.02. The van der Waals surface area contributed by atoms with E-state index in [2.05, 4.69) is 0 Å². The van der Waals surface area contributed by atoms with Crippen LogP contribution in [0.1, 0.15) is 33.6 Å². The molecule has 0 aromatic rings. The Morgan fingerprint density at radius 3 is 1.62 bits per heavy atom. The topological polar surface area (TPSA) is 34.1 Å². The predicted octanol–water partition coefficient (Wildman–Crippen LogP) is 0.776. The van der Waals surface area contributed by atoms with Crippen molar-refractivity contribution in [2.45, 2.75) is 39.9 Å². The Morgan fingerprint density at radius 1 is 1.15 bits per heavy atom. The summed E-state index contributed by atoms with van der Waals surface area (Å²) in [5, 5.41) is 0. The number of hydrogen-bond donors (Lipinski definition) is 0. The van der Waals surface area contributed by atoms with Crippen molar-refractivity contribution in [1.29, 1.82) is 0 Å². The molecular formula is C8H15B3O2. The van der Waals surface area contributed by atoms with E-state index in [1.54, 1.807) is 7.06 Å². The molecular weight excluding hydrogens is 161 g/mol. The van der Waals surface area contributed by atoms with Crippen molar-refractivity contribution >= 4 is 33.5 Å². The van der Waals surface area contributed by atoms with Gasteiger partial charge < -0.3 is 9.59 Å². The molecule has 0 saturated heterocycles. The number of carbonyl (C=O) groups is 2. The second-order valence-electron chi connectivity index (χ2n) is 2.74. The Hall–Kier alpha value is -0.465. The molecule has 0 bridgehead atoms. The van der Waals surface area contributed by atoms with Crippen molar-refractivity contribution in [2.24, 2.45) is 0 Å². The maximum atomic E-state index is 10.2. The van der Waals surface area contributed by atoms with E-state index in [0.717, 1.165) is 6.32 Å². The number of carbonyl (C=O) groups excluding carboxylic acids is 2. The van der Waals surface area contributed by atoms with E-state index in [-0.39, 0.29) is 11.6 Å². The van der Waals surface area contributed by atoms with Gasteiger partial charge in [0.05, 0.1) is 7.17 Å². The van der Waals surface area contributed by atoms with Crippen LogP contribution in [0.5, 0.6) is 0 Å². The van der Waals surface area contributed by atoms with Crippen LogP contribution in [0.4, 0.5) is 0 Å². The van der Waals surface area contributed by atoms with Gasteiger partial charge >= 0.3 is 0 Å². The van der Waals surface area contributed by atoms with Gasteiger partial charge in [-0.25, -0.2) is 0 Å². The molecule has 0 aromatic heterocycles. The second-order valence-corrected chi connectivity index (χ2v) is 2.74. The summed E-state index contributed by atoms with van der Waals surface area (Å²) >= 11 is 0. The SMILES string of the molecule is CC(=O)CCC(C)=O.[B][B][B]CC. The molecule has 0 unspecified atom stereocenters. The van der Waals surface area contributed by atoms with Gasteiger partial charge in [0, 0.05) is 27.6 Å². The lowest BCUT2D eigenvalue weighted by molar-refractivity contribution is -0.122. The molecule has 0 spiro atoms. The van der Waals surface area contributed by atoms with Gasteiger partial charge in [-0.2, -0.15) is 0 Å². The Kier molecular flexibility index (Phi) is 13.3. The van der Waals surface area contributed by atoms with Crippen LogP contribution in [-0.4, -0.2) is 33.5 Å². The van der Waals surface area contributed by atoms with Crippen LogP contribution in [0.15, 0.2) is 0 Å². The highest BCUT2D eigenvalue weighted by Gasteiger charge is 1.95. The summed E-state index contributed by atoms with van der Waals surface area (Å²) in [5.41, 5.74) is 0. The van der Waals surface area contributed by atoms with Gasteiger partial charge in [-0.15, -0.1) is 0 Å². The Morgan fingerprint density at radius 2 is 1.54 bits per heavy atom. The van der Waals surface area contributed by atoms with Crippen LogP contribution in [0.3, 0.4) is 0 Å². The average Bonchev–Trinajstić information content (AvgIpc) is 2.03. The van der Waals surface area contributed by atoms with E-state index in [4.69, 9.17) is 7.74 Å². The van der Waals surface area contributed by atoms with Gasteiger partial charge in [0.25, 0.3) is 0 Å². The lowest BCUT2D eigenvalue weighted by atomic mass is 9.27. The van der Waals surface area contributed by atoms with Crippen LogP contribution in [0.25, 0.3) is 0 Å². The van der Waals surface area contributed by atoms with E-state index < -0.39 is 0 Å². The standard InChI is InChI=1S/C6H10O2.C2H5B3/c1-5(7)3-4-6(2)8;1-2-4-5-3/h3-4H2,1-2H3;2H2,1H3. The van der Waals surface area contributed by atoms with Crippen molar-refractivity contribution in [3.63, 3.8) is 0 Å². The van der Waals surface area contributed by atoms with Crippen LogP contribution in [-0.2, 0) is 9.59 Å². The molecule has 0 amide bonds. The van der Waals surface area contributed by atoms with Gasteiger partial charge in [0.1, 0.15) is 11.6 Å². The number of hydrogen-bond acceptors (Lipinski definition) is 2. The smallest absolute Gasteiger partial charge is 0.130 e. The van der Waals surface area contributed by atoms with Crippen molar-refractivity contribution < 1.29 is 9.59 Å². The van der Waals surface area contributed by atoms with Crippen LogP contribution in [0, 0.1) is 0 Å². The molecule has 0 rings (SSSR count). The molecule has 0 aliphatic carbocycles. The maximum absolute atomic E-state index is 10.2. The fourth-order valence-corrected chi connectivity index (χ4v) is 0.488.